The van der Waals surface area contributed by atoms with Gasteiger partial charge in [-0.3, -0.25) is 0 Å². The second-order valence-electron chi connectivity index (χ2n) is 5.23. The van der Waals surface area contributed by atoms with Gasteiger partial charge in [0, 0.05) is 23.8 Å². The van der Waals surface area contributed by atoms with Gasteiger partial charge in [-0.2, -0.15) is 5.26 Å². The van der Waals surface area contributed by atoms with Crippen LogP contribution in [0.15, 0.2) is 42.5 Å². The molecule has 0 amide bonds. The summed E-state index contributed by atoms with van der Waals surface area (Å²) in [6, 6.07) is 16.5. The average Bonchev–Trinajstić information content (AvgIpc) is 2.43. The van der Waals surface area contributed by atoms with E-state index in [0.29, 0.717) is 18.0 Å². The van der Waals surface area contributed by atoms with E-state index in [9.17, 15) is 0 Å². The first-order valence-corrected chi connectivity index (χ1v) is 6.85. The summed E-state index contributed by atoms with van der Waals surface area (Å²) in [4.78, 5) is 0. The third-order valence-electron chi connectivity index (χ3n) is 3.93. The number of nitrogens with two attached hydrogens (primary N) is 1. The van der Waals surface area contributed by atoms with Crippen molar-refractivity contribution in [2.75, 3.05) is 17.6 Å². The Hall–Kier alpha value is -2.47. The molecule has 1 aliphatic rings. The van der Waals surface area contributed by atoms with Crippen LogP contribution < -0.4 is 11.1 Å². The Morgan fingerprint density at radius 2 is 2.10 bits per heavy atom. The monoisotopic (exact) mass is 263 g/mol. The van der Waals surface area contributed by atoms with E-state index in [1.165, 1.54) is 11.1 Å². The first kappa shape index (κ1) is 12.6. The minimum Gasteiger partial charge on any atom is -0.398 e. The summed E-state index contributed by atoms with van der Waals surface area (Å²) in [5.41, 5.74) is 11.4. The molecule has 0 saturated heterocycles. The number of nitrogens with zero attached hydrogens (tertiary/aromatic N) is 1. The minimum absolute atomic E-state index is 0.355. The number of rotatable bonds is 4. The average molecular weight is 263 g/mol. The Morgan fingerprint density at radius 1 is 1.25 bits per heavy atom. The zero-order valence-corrected chi connectivity index (χ0v) is 11.3. The van der Waals surface area contributed by atoms with Gasteiger partial charge in [-0.1, -0.05) is 24.3 Å². The highest BCUT2D eigenvalue weighted by molar-refractivity contribution is 5.58. The fourth-order valence-electron chi connectivity index (χ4n) is 2.74. The number of hydrogen-bond donors (Lipinski definition) is 2. The van der Waals surface area contributed by atoms with Crippen molar-refractivity contribution < 1.29 is 0 Å². The highest BCUT2D eigenvalue weighted by Crippen LogP contribution is 2.34. The number of hydrogen-bond acceptors (Lipinski definition) is 3. The van der Waals surface area contributed by atoms with Crippen molar-refractivity contribution in [2.45, 2.75) is 18.8 Å². The van der Waals surface area contributed by atoms with Crippen molar-refractivity contribution in [3.63, 3.8) is 0 Å². The van der Waals surface area contributed by atoms with Crippen LogP contribution in [-0.4, -0.2) is 6.54 Å². The van der Waals surface area contributed by atoms with E-state index in [4.69, 9.17) is 11.0 Å². The van der Waals surface area contributed by atoms with Gasteiger partial charge in [-0.15, -0.1) is 0 Å². The van der Waals surface area contributed by atoms with Gasteiger partial charge in [0.25, 0.3) is 0 Å². The predicted molar refractivity (Wildman–Crippen MR) is 81.5 cm³/mol. The zero-order chi connectivity index (χ0) is 13.9. The van der Waals surface area contributed by atoms with E-state index < -0.39 is 0 Å². The van der Waals surface area contributed by atoms with Gasteiger partial charge in [0.05, 0.1) is 12.5 Å². The first-order valence-electron chi connectivity index (χ1n) is 6.85. The Kier molecular flexibility index (Phi) is 3.30. The van der Waals surface area contributed by atoms with E-state index >= 15 is 0 Å². The molecule has 1 atom stereocenters. The highest BCUT2D eigenvalue weighted by atomic mass is 14.9. The number of nitrogens with one attached hydrogen (secondary N) is 1. The Balaban J connectivity index is 1.65. The van der Waals surface area contributed by atoms with Crippen LogP contribution in [0, 0.1) is 11.3 Å². The molecule has 3 heteroatoms. The SMILES string of the molecule is N#CCc1cc(NCC2Cc3ccccc32)ccc1N. The lowest BCUT2D eigenvalue weighted by Crippen LogP contribution is -2.24. The van der Waals surface area contributed by atoms with Gasteiger partial charge >= 0.3 is 0 Å². The van der Waals surface area contributed by atoms with Crippen LogP contribution in [0.3, 0.4) is 0 Å². The van der Waals surface area contributed by atoms with Crippen LogP contribution in [0.25, 0.3) is 0 Å². The quantitative estimate of drug-likeness (QED) is 0.833. The molecule has 100 valence electrons. The Morgan fingerprint density at radius 3 is 2.90 bits per heavy atom. The summed E-state index contributed by atoms with van der Waals surface area (Å²) >= 11 is 0. The van der Waals surface area contributed by atoms with Crippen molar-refractivity contribution >= 4 is 11.4 Å². The molecule has 0 heterocycles. The largest absolute Gasteiger partial charge is 0.398 e. The molecule has 0 radical (unpaired) electrons. The fraction of sp³-hybridized carbons (Fsp3) is 0.235. The summed E-state index contributed by atoms with van der Waals surface area (Å²) in [5, 5.41) is 12.2. The van der Waals surface area contributed by atoms with Crippen LogP contribution in [-0.2, 0) is 12.8 Å². The molecule has 0 fully saturated rings. The molecule has 0 aromatic heterocycles. The molecule has 1 aliphatic carbocycles. The van der Waals surface area contributed by atoms with E-state index in [1.54, 1.807) is 0 Å². The molecule has 2 aromatic carbocycles. The van der Waals surface area contributed by atoms with E-state index in [2.05, 4.69) is 35.7 Å². The second kappa shape index (κ2) is 5.26. The van der Waals surface area contributed by atoms with Crippen LogP contribution in [0.2, 0.25) is 0 Å². The first-order chi connectivity index (χ1) is 9.78. The van der Waals surface area contributed by atoms with Crippen molar-refractivity contribution in [1.82, 2.24) is 0 Å². The molecular formula is C17H17N3. The number of nitrogen functional groups attached to an aromatic ring is 1. The summed E-state index contributed by atoms with van der Waals surface area (Å²) in [5.74, 6) is 0.586. The summed E-state index contributed by atoms with van der Waals surface area (Å²) in [6.07, 6.45) is 1.50. The van der Waals surface area contributed by atoms with Gasteiger partial charge in [-0.25, -0.2) is 0 Å². The van der Waals surface area contributed by atoms with Crippen molar-refractivity contribution in [3.05, 3.63) is 59.2 Å². The lowest BCUT2D eigenvalue weighted by atomic mass is 9.77. The normalized spacial score (nSPS) is 15.8. The van der Waals surface area contributed by atoms with Crippen LogP contribution in [0.1, 0.15) is 22.6 Å². The maximum Gasteiger partial charge on any atom is 0.0670 e. The summed E-state index contributed by atoms with van der Waals surface area (Å²) in [6.45, 7) is 0.924. The number of anilines is 2. The third kappa shape index (κ3) is 2.33. The molecule has 0 bridgehead atoms. The molecule has 3 rings (SSSR count). The lowest BCUT2D eigenvalue weighted by molar-refractivity contribution is 0.636. The fourth-order valence-corrected chi connectivity index (χ4v) is 2.74. The third-order valence-corrected chi connectivity index (χ3v) is 3.93. The van der Waals surface area contributed by atoms with Crippen molar-refractivity contribution in [1.29, 1.82) is 5.26 Å². The molecule has 0 spiro atoms. The molecule has 1 unspecified atom stereocenters. The maximum atomic E-state index is 8.78. The van der Waals surface area contributed by atoms with E-state index in [0.717, 1.165) is 24.2 Å². The van der Waals surface area contributed by atoms with E-state index in [-0.39, 0.29) is 0 Å². The highest BCUT2D eigenvalue weighted by Gasteiger charge is 2.24. The van der Waals surface area contributed by atoms with Gasteiger partial charge in [0.15, 0.2) is 0 Å². The smallest absolute Gasteiger partial charge is 0.0670 e. The molecule has 0 aliphatic heterocycles. The number of fused-ring (bicyclic) bond motifs is 1. The molecule has 2 aromatic rings. The minimum atomic E-state index is 0.355. The van der Waals surface area contributed by atoms with Crippen LogP contribution in [0.4, 0.5) is 11.4 Å². The second-order valence-corrected chi connectivity index (χ2v) is 5.23. The molecular weight excluding hydrogens is 246 g/mol. The molecule has 3 N–H and O–H groups in total. The summed E-state index contributed by atoms with van der Waals surface area (Å²) < 4.78 is 0. The lowest BCUT2D eigenvalue weighted by Gasteiger charge is -2.30. The van der Waals surface area contributed by atoms with Gasteiger partial charge in [0.1, 0.15) is 0 Å². The maximum absolute atomic E-state index is 8.78. The molecule has 0 saturated carbocycles. The Labute approximate surface area is 119 Å². The van der Waals surface area contributed by atoms with Gasteiger partial charge < -0.3 is 11.1 Å². The number of benzene rings is 2. The van der Waals surface area contributed by atoms with Crippen molar-refractivity contribution in [3.8, 4) is 6.07 Å². The van der Waals surface area contributed by atoms with Gasteiger partial charge in [0.2, 0.25) is 0 Å². The predicted octanol–water partition coefficient (Wildman–Crippen LogP) is 3.09. The van der Waals surface area contributed by atoms with E-state index in [1.807, 2.05) is 18.2 Å². The standard InChI is InChI=1S/C17H17N3/c18-8-7-13-10-15(5-6-17(13)19)20-11-14-9-12-3-1-2-4-16(12)14/h1-6,10,14,20H,7,9,11,19H2. The Bertz CT molecular complexity index is 670. The topological polar surface area (TPSA) is 61.8 Å². The van der Waals surface area contributed by atoms with Crippen LogP contribution in [0.5, 0.6) is 0 Å². The zero-order valence-electron chi connectivity index (χ0n) is 11.3. The molecule has 20 heavy (non-hydrogen) atoms. The summed E-state index contributed by atoms with van der Waals surface area (Å²) in [7, 11) is 0. The van der Waals surface area contributed by atoms with Crippen molar-refractivity contribution in [2.24, 2.45) is 0 Å². The van der Waals surface area contributed by atoms with Crippen LogP contribution >= 0.6 is 0 Å². The van der Waals surface area contributed by atoms with Gasteiger partial charge in [-0.05, 0) is 41.3 Å². The molecule has 3 nitrogen and oxygen atoms in total. The number of nitriles is 1.